The topological polar surface area (TPSA) is 61.4 Å². The number of amides is 2. The normalized spacial score (nSPS) is 22.6. The van der Waals surface area contributed by atoms with Crippen molar-refractivity contribution in [2.45, 2.75) is 12.3 Å². The Hall–Kier alpha value is -2.63. The van der Waals surface area contributed by atoms with E-state index in [1.165, 1.54) is 12.0 Å². The average molecular weight is 337 g/mol. The molecular formula is C19H23N5O. The Bertz CT molecular complexity index is 700. The van der Waals surface area contributed by atoms with E-state index in [0.717, 1.165) is 25.6 Å². The first-order valence-electron chi connectivity index (χ1n) is 8.91. The molecule has 2 fully saturated rings. The quantitative estimate of drug-likeness (QED) is 0.928. The van der Waals surface area contributed by atoms with Crippen LogP contribution in [0.15, 0.2) is 48.8 Å². The minimum atomic E-state index is 0.0485. The predicted octanol–water partition coefficient (Wildman–Crippen LogP) is 2.11. The molecule has 1 aliphatic carbocycles. The Kier molecular flexibility index (Phi) is 4.50. The third-order valence-corrected chi connectivity index (χ3v) is 5.07. The summed E-state index contributed by atoms with van der Waals surface area (Å²) >= 11 is 0. The van der Waals surface area contributed by atoms with Crippen molar-refractivity contribution in [3.8, 4) is 0 Å². The van der Waals surface area contributed by atoms with Gasteiger partial charge in [-0.05, 0) is 29.9 Å². The molecule has 0 unspecified atom stereocenters. The van der Waals surface area contributed by atoms with Gasteiger partial charge >= 0.3 is 6.03 Å². The van der Waals surface area contributed by atoms with Gasteiger partial charge in [0.25, 0.3) is 0 Å². The fourth-order valence-corrected chi connectivity index (χ4v) is 3.48. The number of nitrogens with one attached hydrogen (secondary N) is 1. The number of benzene rings is 1. The van der Waals surface area contributed by atoms with Gasteiger partial charge in [-0.2, -0.15) is 0 Å². The fourth-order valence-electron chi connectivity index (χ4n) is 3.48. The van der Waals surface area contributed by atoms with E-state index < -0.39 is 0 Å². The highest BCUT2D eigenvalue weighted by Gasteiger charge is 2.38. The maximum Gasteiger partial charge on any atom is 0.317 e. The van der Waals surface area contributed by atoms with Crippen LogP contribution >= 0.6 is 0 Å². The summed E-state index contributed by atoms with van der Waals surface area (Å²) in [5.74, 6) is 1.92. The van der Waals surface area contributed by atoms with Gasteiger partial charge in [0.1, 0.15) is 0 Å². The lowest BCUT2D eigenvalue weighted by molar-refractivity contribution is 0.193. The van der Waals surface area contributed by atoms with E-state index in [9.17, 15) is 4.79 Å². The van der Waals surface area contributed by atoms with Gasteiger partial charge in [-0.25, -0.2) is 14.8 Å². The Morgan fingerprint density at radius 3 is 2.48 bits per heavy atom. The van der Waals surface area contributed by atoms with E-state index in [4.69, 9.17) is 0 Å². The highest BCUT2D eigenvalue weighted by molar-refractivity contribution is 5.74. The number of urea groups is 1. The predicted molar refractivity (Wildman–Crippen MR) is 96.5 cm³/mol. The Morgan fingerprint density at radius 2 is 1.76 bits per heavy atom. The first-order chi connectivity index (χ1) is 12.3. The molecule has 2 heterocycles. The number of anilines is 1. The fraction of sp³-hybridized carbons (Fsp3) is 0.421. The largest absolute Gasteiger partial charge is 0.338 e. The second-order valence-corrected chi connectivity index (χ2v) is 6.72. The minimum absolute atomic E-state index is 0.0485. The van der Waals surface area contributed by atoms with Crippen LogP contribution in [0.25, 0.3) is 0 Å². The van der Waals surface area contributed by atoms with Crippen LogP contribution in [0.2, 0.25) is 0 Å². The van der Waals surface area contributed by atoms with E-state index in [1.54, 1.807) is 12.4 Å². The van der Waals surface area contributed by atoms with Crippen LogP contribution in [0.5, 0.6) is 0 Å². The molecule has 1 N–H and O–H groups in total. The number of aromatic nitrogens is 2. The molecule has 6 nitrogen and oxygen atoms in total. The smallest absolute Gasteiger partial charge is 0.317 e. The lowest BCUT2D eigenvalue weighted by Gasteiger charge is -2.34. The number of piperazine rings is 1. The number of hydrogen-bond donors (Lipinski definition) is 1. The Balaban J connectivity index is 1.21. The first kappa shape index (κ1) is 15.9. The molecule has 1 aromatic carbocycles. The highest BCUT2D eigenvalue weighted by Crippen LogP contribution is 2.46. The summed E-state index contributed by atoms with van der Waals surface area (Å²) in [6.07, 6.45) is 4.67. The van der Waals surface area contributed by atoms with E-state index in [2.05, 4.69) is 44.5 Å². The molecule has 0 spiro atoms. The molecule has 2 aromatic rings. The first-order valence-corrected chi connectivity index (χ1v) is 8.91. The maximum atomic E-state index is 12.4. The zero-order valence-electron chi connectivity index (χ0n) is 14.2. The van der Waals surface area contributed by atoms with Crippen LogP contribution in [-0.4, -0.2) is 53.6 Å². The molecule has 25 heavy (non-hydrogen) atoms. The molecule has 0 radical (unpaired) electrons. The van der Waals surface area contributed by atoms with Crippen LogP contribution in [-0.2, 0) is 0 Å². The summed E-state index contributed by atoms with van der Waals surface area (Å²) in [6.45, 7) is 3.72. The number of nitrogens with zero attached hydrogens (tertiary/aromatic N) is 4. The van der Waals surface area contributed by atoms with Crippen molar-refractivity contribution in [1.82, 2.24) is 20.2 Å². The third kappa shape index (κ3) is 3.73. The Labute approximate surface area is 147 Å². The number of hydrogen-bond acceptors (Lipinski definition) is 4. The summed E-state index contributed by atoms with van der Waals surface area (Å²) in [7, 11) is 0. The molecule has 130 valence electrons. The van der Waals surface area contributed by atoms with Gasteiger partial charge in [0.15, 0.2) is 0 Å². The molecule has 4 rings (SSSR count). The van der Waals surface area contributed by atoms with Gasteiger partial charge in [0.2, 0.25) is 5.95 Å². The molecule has 2 amide bonds. The van der Waals surface area contributed by atoms with Crippen LogP contribution in [0.3, 0.4) is 0 Å². The van der Waals surface area contributed by atoms with Crippen molar-refractivity contribution in [3.05, 3.63) is 54.4 Å². The van der Waals surface area contributed by atoms with Crippen LogP contribution in [0, 0.1) is 5.92 Å². The number of carbonyl (C=O) groups excluding carboxylic acids is 1. The van der Waals surface area contributed by atoms with Gasteiger partial charge in [0.05, 0.1) is 0 Å². The SMILES string of the molecule is O=C(NC[C@@H]1C[C@H]1c1ccccc1)N1CCN(c2ncccn2)CC1. The molecule has 0 bridgehead atoms. The van der Waals surface area contributed by atoms with Gasteiger partial charge in [-0.1, -0.05) is 30.3 Å². The molecule has 1 saturated heterocycles. The second-order valence-electron chi connectivity index (χ2n) is 6.72. The average Bonchev–Trinajstić information content (AvgIpc) is 3.47. The number of rotatable bonds is 4. The van der Waals surface area contributed by atoms with E-state index in [0.29, 0.717) is 24.9 Å². The summed E-state index contributed by atoms with van der Waals surface area (Å²) in [5.41, 5.74) is 1.39. The maximum absolute atomic E-state index is 12.4. The van der Waals surface area contributed by atoms with E-state index in [-0.39, 0.29) is 6.03 Å². The van der Waals surface area contributed by atoms with Crippen molar-refractivity contribution in [2.75, 3.05) is 37.6 Å². The van der Waals surface area contributed by atoms with Crippen molar-refractivity contribution in [1.29, 1.82) is 0 Å². The van der Waals surface area contributed by atoms with E-state index >= 15 is 0 Å². The van der Waals surface area contributed by atoms with Crippen LogP contribution < -0.4 is 10.2 Å². The summed E-state index contributed by atoms with van der Waals surface area (Å²) in [5, 5.41) is 3.11. The summed E-state index contributed by atoms with van der Waals surface area (Å²) < 4.78 is 0. The third-order valence-electron chi connectivity index (χ3n) is 5.07. The second kappa shape index (κ2) is 7.09. The zero-order valence-corrected chi connectivity index (χ0v) is 14.2. The van der Waals surface area contributed by atoms with Gasteiger partial charge in [-0.15, -0.1) is 0 Å². The van der Waals surface area contributed by atoms with Gasteiger partial charge in [0, 0.05) is 45.1 Å². The molecule has 2 aliphatic rings. The lowest BCUT2D eigenvalue weighted by atomic mass is 10.1. The molecule has 2 atom stereocenters. The van der Waals surface area contributed by atoms with E-state index in [1.807, 2.05) is 17.0 Å². The molecule has 1 aromatic heterocycles. The lowest BCUT2D eigenvalue weighted by Crippen LogP contribution is -2.52. The molecular weight excluding hydrogens is 314 g/mol. The van der Waals surface area contributed by atoms with Gasteiger partial charge < -0.3 is 15.1 Å². The number of carbonyl (C=O) groups is 1. The standard InChI is InChI=1S/C19H23N5O/c25-19(22-14-16-13-17(16)15-5-2-1-3-6-15)24-11-9-23(10-12-24)18-20-7-4-8-21-18/h1-8,16-17H,9-14H2,(H,22,25)/t16-,17-/m0/s1. The Morgan fingerprint density at radius 1 is 1.04 bits per heavy atom. The van der Waals surface area contributed by atoms with Crippen molar-refractivity contribution in [3.63, 3.8) is 0 Å². The van der Waals surface area contributed by atoms with Crippen LogP contribution in [0.1, 0.15) is 17.9 Å². The highest BCUT2D eigenvalue weighted by atomic mass is 16.2. The minimum Gasteiger partial charge on any atom is -0.338 e. The molecule has 1 aliphatic heterocycles. The zero-order chi connectivity index (χ0) is 17.1. The van der Waals surface area contributed by atoms with Crippen molar-refractivity contribution < 1.29 is 4.79 Å². The molecule has 1 saturated carbocycles. The summed E-state index contributed by atoms with van der Waals surface area (Å²) in [6, 6.07) is 12.4. The van der Waals surface area contributed by atoms with Crippen LogP contribution in [0.4, 0.5) is 10.7 Å². The molecule has 6 heteroatoms. The van der Waals surface area contributed by atoms with Crippen molar-refractivity contribution in [2.24, 2.45) is 5.92 Å². The monoisotopic (exact) mass is 337 g/mol. The van der Waals surface area contributed by atoms with Gasteiger partial charge in [-0.3, -0.25) is 0 Å². The van der Waals surface area contributed by atoms with Crippen molar-refractivity contribution >= 4 is 12.0 Å². The summed E-state index contributed by atoms with van der Waals surface area (Å²) in [4.78, 5) is 24.9.